The third-order valence-electron chi connectivity index (χ3n) is 2.93. The van der Waals surface area contributed by atoms with Crippen LogP contribution in [0.25, 0.3) is 0 Å². The summed E-state index contributed by atoms with van der Waals surface area (Å²) >= 11 is 1.63. The first-order chi connectivity index (χ1) is 9.54. The second kappa shape index (κ2) is 7.74. The van der Waals surface area contributed by atoms with E-state index >= 15 is 0 Å². The standard InChI is InChI=1S/C13H19N3O3S/c1-4-9(8-20-3)15-13(17)10-6-5-7-11(14-2)12(10)16(18)19/h5-7,9,14H,4,8H2,1-3H3,(H,15,17). The summed E-state index contributed by atoms with van der Waals surface area (Å²) < 4.78 is 0. The Labute approximate surface area is 122 Å². The summed E-state index contributed by atoms with van der Waals surface area (Å²) in [4.78, 5) is 22.9. The molecule has 1 rings (SSSR count). The quantitative estimate of drug-likeness (QED) is 0.596. The summed E-state index contributed by atoms with van der Waals surface area (Å²) in [7, 11) is 1.59. The maximum absolute atomic E-state index is 12.2. The van der Waals surface area contributed by atoms with Crippen molar-refractivity contribution in [3.05, 3.63) is 33.9 Å². The number of amides is 1. The summed E-state index contributed by atoms with van der Waals surface area (Å²) in [5.74, 6) is 0.372. The number of hydrogen-bond acceptors (Lipinski definition) is 5. The molecule has 0 heterocycles. The van der Waals surface area contributed by atoms with Gasteiger partial charge < -0.3 is 10.6 Å². The lowest BCUT2D eigenvalue weighted by atomic mass is 10.1. The maximum Gasteiger partial charge on any atom is 0.305 e. The molecule has 6 nitrogen and oxygen atoms in total. The number of nitro benzene ring substituents is 1. The number of carbonyl (C=O) groups excluding carboxylic acids is 1. The fourth-order valence-electron chi connectivity index (χ4n) is 1.85. The molecule has 1 aromatic rings. The number of thioether (sulfide) groups is 1. The minimum atomic E-state index is -0.531. The van der Waals surface area contributed by atoms with Crippen molar-refractivity contribution in [1.82, 2.24) is 5.32 Å². The van der Waals surface area contributed by atoms with Gasteiger partial charge in [0.1, 0.15) is 11.3 Å². The van der Waals surface area contributed by atoms with Gasteiger partial charge in [-0.25, -0.2) is 0 Å². The minimum Gasteiger partial charge on any atom is -0.383 e. The van der Waals surface area contributed by atoms with E-state index in [9.17, 15) is 14.9 Å². The number of anilines is 1. The lowest BCUT2D eigenvalue weighted by Crippen LogP contribution is -2.36. The molecule has 1 amide bonds. The molecule has 0 bridgehead atoms. The van der Waals surface area contributed by atoms with Gasteiger partial charge in [-0.05, 0) is 24.8 Å². The van der Waals surface area contributed by atoms with Gasteiger partial charge in [0, 0.05) is 18.8 Å². The van der Waals surface area contributed by atoms with Crippen LogP contribution in [0, 0.1) is 10.1 Å². The molecule has 20 heavy (non-hydrogen) atoms. The molecular weight excluding hydrogens is 278 g/mol. The molecule has 1 unspecified atom stereocenters. The highest BCUT2D eigenvalue weighted by molar-refractivity contribution is 7.98. The molecule has 0 spiro atoms. The van der Waals surface area contributed by atoms with Gasteiger partial charge in [0.05, 0.1) is 4.92 Å². The molecule has 0 aromatic heterocycles. The Morgan fingerprint density at radius 3 is 2.70 bits per heavy atom. The molecule has 0 radical (unpaired) electrons. The largest absolute Gasteiger partial charge is 0.383 e. The van der Waals surface area contributed by atoms with Crippen molar-refractivity contribution < 1.29 is 9.72 Å². The molecule has 2 N–H and O–H groups in total. The predicted molar refractivity (Wildman–Crippen MR) is 82.6 cm³/mol. The van der Waals surface area contributed by atoms with Gasteiger partial charge in [-0.1, -0.05) is 13.0 Å². The van der Waals surface area contributed by atoms with E-state index in [1.807, 2.05) is 13.2 Å². The molecule has 0 aliphatic carbocycles. The Bertz CT molecular complexity index is 494. The molecule has 7 heteroatoms. The highest BCUT2D eigenvalue weighted by atomic mass is 32.2. The van der Waals surface area contributed by atoms with E-state index in [0.29, 0.717) is 5.69 Å². The Balaban J connectivity index is 3.06. The normalized spacial score (nSPS) is 11.8. The summed E-state index contributed by atoms with van der Waals surface area (Å²) in [6.07, 6.45) is 2.74. The van der Waals surface area contributed by atoms with Crippen molar-refractivity contribution in [3.63, 3.8) is 0 Å². The summed E-state index contributed by atoms with van der Waals surface area (Å²) in [5.41, 5.74) is 0.230. The van der Waals surface area contributed by atoms with Crippen molar-refractivity contribution in [2.24, 2.45) is 0 Å². The molecule has 1 atom stereocenters. The zero-order chi connectivity index (χ0) is 15.1. The average molecular weight is 297 g/mol. The Morgan fingerprint density at radius 1 is 1.50 bits per heavy atom. The molecular formula is C13H19N3O3S. The highest BCUT2D eigenvalue weighted by Crippen LogP contribution is 2.28. The molecule has 0 saturated carbocycles. The highest BCUT2D eigenvalue weighted by Gasteiger charge is 2.25. The van der Waals surface area contributed by atoms with Crippen LogP contribution in [-0.2, 0) is 0 Å². The van der Waals surface area contributed by atoms with Crippen LogP contribution >= 0.6 is 11.8 Å². The number of nitrogens with one attached hydrogen (secondary N) is 2. The van der Waals surface area contributed by atoms with Gasteiger partial charge in [-0.2, -0.15) is 11.8 Å². The van der Waals surface area contributed by atoms with Gasteiger partial charge in [0.15, 0.2) is 0 Å². The number of para-hydroxylation sites is 1. The molecule has 0 saturated heterocycles. The van der Waals surface area contributed by atoms with Gasteiger partial charge >= 0.3 is 5.69 Å². The monoisotopic (exact) mass is 297 g/mol. The van der Waals surface area contributed by atoms with Gasteiger partial charge in [0.2, 0.25) is 0 Å². The van der Waals surface area contributed by atoms with Crippen LogP contribution < -0.4 is 10.6 Å². The van der Waals surface area contributed by atoms with Crippen LogP contribution in [0.1, 0.15) is 23.7 Å². The molecule has 0 aliphatic heterocycles. The summed E-state index contributed by atoms with van der Waals surface area (Å²) in [5, 5.41) is 16.7. The van der Waals surface area contributed by atoms with Crippen molar-refractivity contribution in [3.8, 4) is 0 Å². The number of nitrogens with zero attached hydrogens (tertiary/aromatic N) is 1. The van der Waals surface area contributed by atoms with E-state index < -0.39 is 10.8 Å². The van der Waals surface area contributed by atoms with Crippen LogP contribution in [0.3, 0.4) is 0 Å². The first-order valence-corrected chi connectivity index (χ1v) is 7.69. The fourth-order valence-corrected chi connectivity index (χ4v) is 2.57. The number of carbonyl (C=O) groups is 1. The second-order valence-corrected chi connectivity index (χ2v) is 5.15. The van der Waals surface area contributed by atoms with Gasteiger partial charge in [0.25, 0.3) is 5.91 Å². The Kier molecular flexibility index (Phi) is 6.30. The van der Waals surface area contributed by atoms with Crippen LogP contribution in [0.2, 0.25) is 0 Å². The first-order valence-electron chi connectivity index (χ1n) is 6.30. The third kappa shape index (κ3) is 3.86. The summed E-state index contributed by atoms with van der Waals surface area (Å²) in [6, 6.07) is 4.69. The minimum absolute atomic E-state index is 0.00958. The van der Waals surface area contributed by atoms with E-state index in [1.165, 1.54) is 6.07 Å². The number of nitro groups is 1. The van der Waals surface area contributed by atoms with Crippen LogP contribution in [0.4, 0.5) is 11.4 Å². The van der Waals surface area contributed by atoms with Gasteiger partial charge in [-0.15, -0.1) is 0 Å². The van der Waals surface area contributed by atoms with Crippen molar-refractivity contribution in [2.75, 3.05) is 24.4 Å². The Hall–Kier alpha value is -1.76. The number of hydrogen-bond donors (Lipinski definition) is 2. The predicted octanol–water partition coefficient (Wildman–Crippen LogP) is 2.51. The van der Waals surface area contributed by atoms with Crippen molar-refractivity contribution in [1.29, 1.82) is 0 Å². The molecule has 1 aromatic carbocycles. The second-order valence-electron chi connectivity index (χ2n) is 4.24. The van der Waals surface area contributed by atoms with E-state index in [2.05, 4.69) is 10.6 Å². The maximum atomic E-state index is 12.2. The van der Waals surface area contributed by atoms with Crippen molar-refractivity contribution in [2.45, 2.75) is 19.4 Å². The van der Waals surface area contributed by atoms with Gasteiger partial charge in [-0.3, -0.25) is 14.9 Å². The van der Waals surface area contributed by atoms with Crippen LogP contribution in [0.15, 0.2) is 18.2 Å². The Morgan fingerprint density at radius 2 is 2.20 bits per heavy atom. The lowest BCUT2D eigenvalue weighted by Gasteiger charge is -2.16. The van der Waals surface area contributed by atoms with E-state index in [1.54, 1.807) is 30.9 Å². The molecule has 110 valence electrons. The smallest absolute Gasteiger partial charge is 0.305 e. The van der Waals surface area contributed by atoms with Crippen LogP contribution in [0.5, 0.6) is 0 Å². The third-order valence-corrected chi connectivity index (χ3v) is 3.66. The average Bonchev–Trinajstić information content (AvgIpc) is 2.45. The number of rotatable bonds is 7. The topological polar surface area (TPSA) is 84.3 Å². The number of benzene rings is 1. The summed E-state index contributed by atoms with van der Waals surface area (Å²) in [6.45, 7) is 1.97. The fraction of sp³-hybridized carbons (Fsp3) is 0.462. The van der Waals surface area contributed by atoms with E-state index in [4.69, 9.17) is 0 Å². The molecule has 0 aliphatic rings. The lowest BCUT2D eigenvalue weighted by molar-refractivity contribution is -0.384. The van der Waals surface area contributed by atoms with E-state index in [-0.39, 0.29) is 17.3 Å². The van der Waals surface area contributed by atoms with E-state index in [0.717, 1.165) is 12.2 Å². The molecule has 0 fully saturated rings. The SMILES string of the molecule is CCC(CSC)NC(=O)c1cccc(NC)c1[N+](=O)[O-]. The zero-order valence-corrected chi connectivity index (χ0v) is 12.6. The van der Waals surface area contributed by atoms with Crippen molar-refractivity contribution >= 4 is 29.0 Å². The van der Waals surface area contributed by atoms with Crippen LogP contribution in [-0.4, -0.2) is 35.9 Å². The first kappa shape index (κ1) is 16.3. The zero-order valence-electron chi connectivity index (χ0n) is 11.8.